The number of hydrogen-bond acceptors (Lipinski definition) is 1. The highest BCUT2D eigenvalue weighted by Gasteiger charge is 2.16. The van der Waals surface area contributed by atoms with E-state index in [1.54, 1.807) is 0 Å². The van der Waals surface area contributed by atoms with Crippen LogP contribution < -0.4 is 0 Å². The molecule has 0 bridgehead atoms. The van der Waals surface area contributed by atoms with E-state index in [0.717, 1.165) is 5.52 Å². The molecule has 6 aromatic rings. The topological polar surface area (TPSA) is 12.9 Å². The number of pyridine rings is 1. The lowest BCUT2D eigenvalue weighted by atomic mass is 9.88. The second-order valence-electron chi connectivity index (χ2n) is 6.40. The Morgan fingerprint density at radius 3 is 1.58 bits per heavy atom. The molecule has 0 spiro atoms. The summed E-state index contributed by atoms with van der Waals surface area (Å²) >= 11 is 0. The van der Waals surface area contributed by atoms with Crippen LogP contribution in [0.5, 0.6) is 0 Å². The predicted molar refractivity (Wildman–Crippen MR) is 103 cm³/mol. The normalized spacial score (nSPS) is 12.2. The maximum absolute atomic E-state index is 4.77. The lowest BCUT2D eigenvalue weighted by molar-refractivity contribution is 1.44. The van der Waals surface area contributed by atoms with E-state index in [-0.39, 0.29) is 0 Å². The molecule has 0 aliphatic carbocycles. The molecule has 0 fully saturated rings. The smallest absolute Gasteiger partial charge is 0.0793 e. The largest absolute Gasteiger partial charge is 0.256 e. The minimum Gasteiger partial charge on any atom is -0.256 e. The molecule has 1 aromatic heterocycles. The van der Waals surface area contributed by atoms with Crippen molar-refractivity contribution in [1.29, 1.82) is 0 Å². The van der Waals surface area contributed by atoms with Crippen molar-refractivity contribution in [3.8, 4) is 0 Å². The van der Waals surface area contributed by atoms with Gasteiger partial charge in [0.2, 0.25) is 0 Å². The van der Waals surface area contributed by atoms with Crippen molar-refractivity contribution in [3.63, 3.8) is 0 Å². The fourth-order valence-corrected chi connectivity index (χ4v) is 4.29. The number of benzene rings is 5. The Hall–Kier alpha value is -3.19. The summed E-state index contributed by atoms with van der Waals surface area (Å²) in [5, 5.41) is 11.7. The third kappa shape index (κ3) is 1.34. The Labute approximate surface area is 138 Å². The van der Waals surface area contributed by atoms with Gasteiger partial charge in [0.15, 0.2) is 0 Å². The lowest BCUT2D eigenvalue weighted by Crippen LogP contribution is -1.90. The molecule has 0 N–H and O–H groups in total. The van der Waals surface area contributed by atoms with Crippen molar-refractivity contribution in [3.05, 3.63) is 79.0 Å². The average Bonchev–Trinajstić information content (AvgIpc) is 2.67. The molecule has 24 heavy (non-hydrogen) atoms. The van der Waals surface area contributed by atoms with Crippen LogP contribution in [0.4, 0.5) is 0 Å². The minimum atomic E-state index is 1.11. The second-order valence-corrected chi connectivity index (χ2v) is 6.40. The quantitative estimate of drug-likeness (QED) is 0.237. The summed E-state index contributed by atoms with van der Waals surface area (Å²) in [5.74, 6) is 0. The van der Waals surface area contributed by atoms with Gasteiger partial charge in [0.25, 0.3) is 0 Å². The molecule has 1 heteroatoms. The lowest BCUT2D eigenvalue weighted by Gasteiger charge is -2.16. The first-order valence-electron chi connectivity index (χ1n) is 8.25. The standard InChI is InChI=1S/C23H13N/c1-2-7-15-14(6-1)17-10-5-11-18-16-8-3-4-9-20(16)23-22(21(17)18)19(15)12-13-24-23/h1-13H. The summed E-state index contributed by atoms with van der Waals surface area (Å²) < 4.78 is 0. The molecule has 0 radical (unpaired) electrons. The summed E-state index contributed by atoms with van der Waals surface area (Å²) in [6.07, 6.45) is 1.95. The monoisotopic (exact) mass is 303 g/mol. The van der Waals surface area contributed by atoms with Crippen molar-refractivity contribution in [2.24, 2.45) is 0 Å². The SMILES string of the molecule is c1ccc2c(c1)c1cccc3c4ccccc4c4nccc2c4c13. The van der Waals surface area contributed by atoms with E-state index in [9.17, 15) is 0 Å². The number of hydrogen-bond donors (Lipinski definition) is 0. The van der Waals surface area contributed by atoms with E-state index in [2.05, 4.69) is 72.8 Å². The van der Waals surface area contributed by atoms with E-state index < -0.39 is 0 Å². The molecule has 0 saturated heterocycles. The fraction of sp³-hybridized carbons (Fsp3) is 0. The van der Waals surface area contributed by atoms with Gasteiger partial charge < -0.3 is 0 Å². The number of fused-ring (bicyclic) bond motifs is 6. The Kier molecular flexibility index (Phi) is 2.15. The highest BCUT2D eigenvalue weighted by Crippen LogP contribution is 2.43. The Balaban J connectivity index is 2.16. The van der Waals surface area contributed by atoms with Crippen LogP contribution in [-0.2, 0) is 0 Å². The zero-order valence-corrected chi connectivity index (χ0v) is 13.0. The van der Waals surface area contributed by atoms with Gasteiger partial charge in [-0.3, -0.25) is 4.98 Å². The predicted octanol–water partition coefficient (Wildman–Crippen LogP) is 6.29. The van der Waals surface area contributed by atoms with Crippen LogP contribution in [0.3, 0.4) is 0 Å². The molecule has 0 atom stereocenters. The van der Waals surface area contributed by atoms with Crippen molar-refractivity contribution >= 4 is 54.0 Å². The summed E-state index contributed by atoms with van der Waals surface area (Å²) in [5.41, 5.74) is 1.11. The van der Waals surface area contributed by atoms with Crippen molar-refractivity contribution < 1.29 is 0 Å². The van der Waals surface area contributed by atoms with Crippen molar-refractivity contribution in [2.75, 3.05) is 0 Å². The van der Waals surface area contributed by atoms with Crippen LogP contribution in [0.2, 0.25) is 0 Å². The molecule has 0 saturated carbocycles. The van der Waals surface area contributed by atoms with Crippen LogP contribution >= 0.6 is 0 Å². The minimum absolute atomic E-state index is 1.11. The van der Waals surface area contributed by atoms with Crippen LogP contribution in [0.25, 0.3) is 54.0 Å². The molecular weight excluding hydrogens is 290 g/mol. The number of aromatic nitrogens is 1. The van der Waals surface area contributed by atoms with E-state index >= 15 is 0 Å². The second kappa shape index (κ2) is 4.21. The van der Waals surface area contributed by atoms with E-state index in [4.69, 9.17) is 4.98 Å². The van der Waals surface area contributed by atoms with Crippen LogP contribution in [0.15, 0.2) is 79.0 Å². The summed E-state index contributed by atoms with van der Waals surface area (Å²) in [6.45, 7) is 0. The van der Waals surface area contributed by atoms with Gasteiger partial charge in [-0.25, -0.2) is 0 Å². The summed E-state index contributed by atoms with van der Waals surface area (Å²) in [4.78, 5) is 4.77. The first-order chi connectivity index (χ1) is 11.9. The maximum Gasteiger partial charge on any atom is 0.0793 e. The van der Waals surface area contributed by atoms with Gasteiger partial charge in [0.1, 0.15) is 0 Å². The molecule has 0 aliphatic rings. The van der Waals surface area contributed by atoms with Gasteiger partial charge >= 0.3 is 0 Å². The molecule has 0 unspecified atom stereocenters. The molecule has 5 aromatic carbocycles. The molecule has 0 amide bonds. The van der Waals surface area contributed by atoms with E-state index in [1.165, 1.54) is 48.5 Å². The number of rotatable bonds is 0. The van der Waals surface area contributed by atoms with Gasteiger partial charge in [0.05, 0.1) is 5.52 Å². The fourth-order valence-electron chi connectivity index (χ4n) is 4.29. The molecule has 1 heterocycles. The number of nitrogens with zero attached hydrogens (tertiary/aromatic N) is 1. The highest BCUT2D eigenvalue weighted by molar-refractivity contribution is 6.39. The maximum atomic E-state index is 4.77. The highest BCUT2D eigenvalue weighted by atomic mass is 14.7. The van der Waals surface area contributed by atoms with Gasteiger partial charge in [-0.15, -0.1) is 0 Å². The zero-order valence-electron chi connectivity index (χ0n) is 13.0. The first kappa shape index (κ1) is 12.3. The Morgan fingerprint density at radius 1 is 0.417 bits per heavy atom. The first-order valence-corrected chi connectivity index (χ1v) is 8.25. The molecule has 110 valence electrons. The van der Waals surface area contributed by atoms with Gasteiger partial charge in [0, 0.05) is 22.4 Å². The summed E-state index contributed by atoms with van der Waals surface area (Å²) in [6, 6.07) is 26.1. The average molecular weight is 303 g/mol. The van der Waals surface area contributed by atoms with Crippen molar-refractivity contribution in [2.45, 2.75) is 0 Å². The third-order valence-electron chi connectivity index (χ3n) is 5.25. The summed E-state index contributed by atoms with van der Waals surface area (Å²) in [7, 11) is 0. The van der Waals surface area contributed by atoms with Crippen LogP contribution in [0, 0.1) is 0 Å². The van der Waals surface area contributed by atoms with Crippen LogP contribution in [-0.4, -0.2) is 4.98 Å². The van der Waals surface area contributed by atoms with Crippen molar-refractivity contribution in [1.82, 2.24) is 4.98 Å². The molecule has 1 nitrogen and oxygen atoms in total. The van der Waals surface area contributed by atoms with Gasteiger partial charge in [-0.2, -0.15) is 0 Å². The molecular formula is C23H13N. The van der Waals surface area contributed by atoms with Gasteiger partial charge in [-0.1, -0.05) is 66.7 Å². The Morgan fingerprint density at radius 2 is 0.917 bits per heavy atom. The molecule has 0 aliphatic heterocycles. The van der Waals surface area contributed by atoms with Gasteiger partial charge in [-0.05, 0) is 38.4 Å². The zero-order chi connectivity index (χ0) is 15.7. The van der Waals surface area contributed by atoms with E-state index in [0.29, 0.717) is 0 Å². The Bertz CT molecular complexity index is 1190. The third-order valence-corrected chi connectivity index (χ3v) is 5.25. The van der Waals surface area contributed by atoms with E-state index in [1.807, 2.05) is 6.20 Å². The molecule has 6 rings (SSSR count). The van der Waals surface area contributed by atoms with Crippen LogP contribution in [0.1, 0.15) is 0 Å².